The number of aryl methyl sites for hydroxylation is 2. The van der Waals surface area contributed by atoms with Crippen LogP contribution in [0.4, 0.5) is 0 Å². The van der Waals surface area contributed by atoms with Crippen molar-refractivity contribution in [3.05, 3.63) is 65.0 Å². The van der Waals surface area contributed by atoms with E-state index in [1.807, 2.05) is 30.3 Å². The Bertz CT molecular complexity index is 559. The van der Waals surface area contributed by atoms with Crippen LogP contribution in [0.15, 0.2) is 42.6 Å². The topological polar surface area (TPSA) is 56.0 Å². The molecule has 0 radical (unpaired) electrons. The first-order chi connectivity index (χ1) is 8.77. The monoisotopic (exact) mass is 238 g/mol. The van der Waals surface area contributed by atoms with Crippen LogP contribution >= 0.6 is 0 Å². The summed E-state index contributed by atoms with van der Waals surface area (Å²) in [6.07, 6.45) is 3.54. The fourth-order valence-electron chi connectivity index (χ4n) is 2.69. The van der Waals surface area contributed by atoms with E-state index in [4.69, 9.17) is 5.73 Å². The van der Waals surface area contributed by atoms with Crippen molar-refractivity contribution in [2.75, 3.05) is 0 Å². The lowest BCUT2D eigenvalue weighted by atomic mass is 9.89. The molecule has 0 aliphatic heterocycles. The summed E-state index contributed by atoms with van der Waals surface area (Å²) >= 11 is 0. The van der Waals surface area contributed by atoms with Gasteiger partial charge >= 0.3 is 0 Å². The van der Waals surface area contributed by atoms with Crippen LogP contribution in [0.1, 0.15) is 28.3 Å². The summed E-state index contributed by atoms with van der Waals surface area (Å²) < 4.78 is 0. The fourth-order valence-corrected chi connectivity index (χ4v) is 2.69. The Balaban J connectivity index is 2.24. The average molecular weight is 238 g/mol. The van der Waals surface area contributed by atoms with Crippen LogP contribution in [0.25, 0.3) is 0 Å². The molecule has 18 heavy (non-hydrogen) atoms. The molecule has 3 heteroatoms. The van der Waals surface area contributed by atoms with Crippen LogP contribution in [0.2, 0.25) is 0 Å². The molecule has 1 unspecified atom stereocenters. The first-order valence-corrected chi connectivity index (χ1v) is 6.08. The SMILES string of the molecule is NC(=O)C1c2ccccc2CCc2ncccc21. The van der Waals surface area contributed by atoms with Crippen LogP contribution in [0.3, 0.4) is 0 Å². The van der Waals surface area contributed by atoms with Gasteiger partial charge in [0.05, 0.1) is 5.92 Å². The molecular formula is C15H14N2O. The smallest absolute Gasteiger partial charge is 0.229 e. The largest absolute Gasteiger partial charge is 0.369 e. The Morgan fingerprint density at radius 3 is 2.72 bits per heavy atom. The summed E-state index contributed by atoms with van der Waals surface area (Å²) in [6.45, 7) is 0. The minimum Gasteiger partial charge on any atom is -0.369 e. The third kappa shape index (κ3) is 1.68. The van der Waals surface area contributed by atoms with E-state index < -0.39 is 0 Å². The molecule has 0 saturated carbocycles. The Morgan fingerprint density at radius 2 is 1.89 bits per heavy atom. The Hall–Kier alpha value is -2.16. The summed E-state index contributed by atoms with van der Waals surface area (Å²) in [5, 5.41) is 0. The van der Waals surface area contributed by atoms with Crippen molar-refractivity contribution < 1.29 is 4.79 Å². The van der Waals surface area contributed by atoms with E-state index in [1.54, 1.807) is 6.20 Å². The number of amides is 1. The first kappa shape index (κ1) is 11.0. The molecule has 1 aromatic heterocycles. The van der Waals surface area contributed by atoms with Crippen molar-refractivity contribution >= 4 is 5.91 Å². The van der Waals surface area contributed by atoms with Crippen molar-refractivity contribution in [1.29, 1.82) is 0 Å². The zero-order chi connectivity index (χ0) is 12.5. The summed E-state index contributed by atoms with van der Waals surface area (Å²) in [7, 11) is 0. The van der Waals surface area contributed by atoms with Crippen molar-refractivity contribution in [2.24, 2.45) is 5.73 Å². The van der Waals surface area contributed by atoms with Crippen molar-refractivity contribution in [3.63, 3.8) is 0 Å². The zero-order valence-corrected chi connectivity index (χ0v) is 9.97. The minimum absolute atomic E-state index is 0.307. The molecule has 1 amide bonds. The number of rotatable bonds is 1. The second-order valence-corrected chi connectivity index (χ2v) is 4.57. The highest BCUT2D eigenvalue weighted by Crippen LogP contribution is 2.32. The molecule has 0 saturated heterocycles. The molecular weight excluding hydrogens is 224 g/mol. The van der Waals surface area contributed by atoms with E-state index in [0.717, 1.165) is 29.7 Å². The summed E-state index contributed by atoms with van der Waals surface area (Å²) in [4.78, 5) is 16.2. The van der Waals surface area contributed by atoms with E-state index in [9.17, 15) is 4.79 Å². The van der Waals surface area contributed by atoms with Crippen LogP contribution in [0.5, 0.6) is 0 Å². The number of hydrogen-bond acceptors (Lipinski definition) is 2. The van der Waals surface area contributed by atoms with Crippen molar-refractivity contribution in [1.82, 2.24) is 4.98 Å². The third-order valence-electron chi connectivity index (χ3n) is 3.52. The number of benzene rings is 1. The fraction of sp³-hybridized carbons (Fsp3) is 0.200. The van der Waals surface area contributed by atoms with Crippen LogP contribution in [0, 0.1) is 0 Å². The number of carbonyl (C=O) groups excluding carboxylic acids is 1. The standard InChI is InChI=1S/C15H14N2O/c16-15(18)14-11-5-2-1-4-10(11)7-8-13-12(14)6-3-9-17-13/h1-6,9,14H,7-8H2,(H2,16,18). The maximum atomic E-state index is 11.8. The zero-order valence-electron chi connectivity index (χ0n) is 9.97. The second kappa shape index (κ2) is 4.26. The van der Waals surface area contributed by atoms with Gasteiger partial charge in [-0.2, -0.15) is 0 Å². The molecule has 90 valence electrons. The third-order valence-corrected chi connectivity index (χ3v) is 3.52. The maximum Gasteiger partial charge on any atom is 0.229 e. The molecule has 1 aromatic carbocycles. The molecule has 1 aliphatic rings. The Labute approximate surface area is 106 Å². The van der Waals surface area contributed by atoms with Crippen molar-refractivity contribution in [2.45, 2.75) is 18.8 Å². The van der Waals surface area contributed by atoms with Gasteiger partial charge in [-0.1, -0.05) is 30.3 Å². The first-order valence-electron chi connectivity index (χ1n) is 6.08. The van der Waals surface area contributed by atoms with Gasteiger partial charge in [-0.3, -0.25) is 9.78 Å². The van der Waals surface area contributed by atoms with Gasteiger partial charge in [-0.05, 0) is 35.6 Å². The second-order valence-electron chi connectivity index (χ2n) is 4.57. The molecule has 1 atom stereocenters. The molecule has 0 bridgehead atoms. The summed E-state index contributed by atoms with van der Waals surface area (Å²) in [5.41, 5.74) is 9.76. The van der Waals surface area contributed by atoms with Crippen LogP contribution in [-0.2, 0) is 17.6 Å². The van der Waals surface area contributed by atoms with Crippen molar-refractivity contribution in [3.8, 4) is 0 Å². The molecule has 3 rings (SSSR count). The summed E-state index contributed by atoms with van der Waals surface area (Å²) in [6, 6.07) is 11.8. The lowest BCUT2D eigenvalue weighted by Gasteiger charge is -2.16. The number of nitrogens with zero attached hydrogens (tertiary/aromatic N) is 1. The van der Waals surface area contributed by atoms with E-state index >= 15 is 0 Å². The van der Waals surface area contributed by atoms with Gasteiger partial charge in [0.2, 0.25) is 5.91 Å². The average Bonchev–Trinajstić information content (AvgIpc) is 2.55. The van der Waals surface area contributed by atoms with Gasteiger partial charge in [0.25, 0.3) is 0 Å². The van der Waals surface area contributed by atoms with E-state index in [1.165, 1.54) is 5.56 Å². The predicted molar refractivity (Wildman–Crippen MR) is 69.1 cm³/mol. The highest BCUT2D eigenvalue weighted by atomic mass is 16.1. The predicted octanol–water partition coefficient (Wildman–Crippen LogP) is 1.80. The van der Waals surface area contributed by atoms with Gasteiger partial charge in [-0.25, -0.2) is 0 Å². The molecule has 0 spiro atoms. The minimum atomic E-state index is -0.368. The quantitative estimate of drug-likeness (QED) is 0.823. The van der Waals surface area contributed by atoms with Gasteiger partial charge in [0, 0.05) is 11.9 Å². The highest BCUT2D eigenvalue weighted by molar-refractivity contribution is 5.86. The van der Waals surface area contributed by atoms with Gasteiger partial charge in [0.1, 0.15) is 0 Å². The maximum absolute atomic E-state index is 11.8. The normalized spacial score (nSPS) is 17.4. The van der Waals surface area contributed by atoms with Gasteiger partial charge < -0.3 is 5.73 Å². The highest BCUT2D eigenvalue weighted by Gasteiger charge is 2.27. The van der Waals surface area contributed by atoms with E-state index in [-0.39, 0.29) is 11.8 Å². The summed E-state index contributed by atoms with van der Waals surface area (Å²) in [5.74, 6) is -0.675. The lowest BCUT2D eigenvalue weighted by molar-refractivity contribution is -0.118. The number of primary amides is 1. The Kier molecular flexibility index (Phi) is 2.59. The molecule has 1 heterocycles. The number of aromatic nitrogens is 1. The van der Waals surface area contributed by atoms with Crippen LogP contribution in [-0.4, -0.2) is 10.9 Å². The lowest BCUT2D eigenvalue weighted by Crippen LogP contribution is -2.23. The van der Waals surface area contributed by atoms with Crippen LogP contribution < -0.4 is 5.73 Å². The number of pyridine rings is 1. The molecule has 3 nitrogen and oxygen atoms in total. The number of carbonyl (C=O) groups is 1. The van der Waals surface area contributed by atoms with Gasteiger partial charge in [0.15, 0.2) is 0 Å². The Morgan fingerprint density at radius 1 is 1.11 bits per heavy atom. The molecule has 1 aliphatic carbocycles. The van der Waals surface area contributed by atoms with Gasteiger partial charge in [-0.15, -0.1) is 0 Å². The van der Waals surface area contributed by atoms with E-state index in [2.05, 4.69) is 11.1 Å². The molecule has 0 fully saturated rings. The number of nitrogens with two attached hydrogens (primary N) is 1. The number of hydrogen-bond donors (Lipinski definition) is 1. The van der Waals surface area contributed by atoms with E-state index in [0.29, 0.717) is 0 Å². The number of fused-ring (bicyclic) bond motifs is 2. The molecule has 2 N–H and O–H groups in total. The molecule has 2 aromatic rings.